The third-order valence-corrected chi connectivity index (χ3v) is 3.61. The lowest BCUT2D eigenvalue weighted by Gasteiger charge is -2.12. The van der Waals surface area contributed by atoms with Gasteiger partial charge in [0.05, 0.1) is 0 Å². The molecular weight excluding hydrogens is 376 g/mol. The van der Waals surface area contributed by atoms with Crippen LogP contribution < -0.4 is 5.84 Å². The lowest BCUT2D eigenvalue weighted by atomic mass is 10.1. The number of amides is 2. The molecule has 0 fully saturated rings. The Morgan fingerprint density at radius 1 is 0.958 bits per heavy atom. The van der Waals surface area contributed by atoms with Crippen molar-refractivity contribution in [2.75, 3.05) is 0 Å². The molecule has 2 amide bonds. The molecule has 0 spiro atoms. The second-order valence-electron chi connectivity index (χ2n) is 4.75. The summed E-state index contributed by atoms with van der Waals surface area (Å²) in [6.07, 6.45) is 0.726. The fourth-order valence-electron chi connectivity index (χ4n) is 1.82. The average Bonchev–Trinajstić information content (AvgIpc) is 2.61. The average molecular weight is 389 g/mol. The summed E-state index contributed by atoms with van der Waals surface area (Å²) in [4.78, 5) is 35.9. The van der Waals surface area contributed by atoms with Crippen molar-refractivity contribution in [3.8, 4) is 0 Å². The third kappa shape index (κ3) is 4.15. The van der Waals surface area contributed by atoms with Gasteiger partial charge in [-0.05, 0) is 24.3 Å². The molecule has 3 N–H and O–H groups in total. The monoisotopic (exact) mass is 388 g/mol. The smallest absolute Gasteiger partial charge is 0.315 e. The summed E-state index contributed by atoms with van der Waals surface area (Å²) in [6, 6.07) is 14.3. The van der Waals surface area contributed by atoms with Gasteiger partial charge in [0.15, 0.2) is 0 Å². The number of hydrogen-bond donors (Lipinski definition) is 2. The van der Waals surface area contributed by atoms with Gasteiger partial charge in [0.1, 0.15) is 5.76 Å². The van der Waals surface area contributed by atoms with Crippen molar-refractivity contribution in [3.63, 3.8) is 0 Å². The first-order valence-electron chi connectivity index (χ1n) is 6.79. The number of nitrogens with zero attached hydrogens (tertiary/aromatic N) is 1. The number of imide groups is 1. The zero-order chi connectivity index (χ0) is 17.7. The highest BCUT2D eigenvalue weighted by Crippen LogP contribution is 2.16. The minimum Gasteiger partial charge on any atom is -0.507 e. The Morgan fingerprint density at radius 3 is 2.12 bits per heavy atom. The summed E-state index contributed by atoms with van der Waals surface area (Å²) < 4.78 is 0.794. The maximum absolute atomic E-state index is 12.0. The van der Waals surface area contributed by atoms with Crippen LogP contribution in [0.25, 0.3) is 5.76 Å². The predicted molar refractivity (Wildman–Crippen MR) is 91.6 cm³/mol. The maximum Gasteiger partial charge on any atom is 0.315 e. The van der Waals surface area contributed by atoms with Crippen LogP contribution in [-0.4, -0.2) is 27.7 Å². The van der Waals surface area contributed by atoms with Crippen molar-refractivity contribution in [2.24, 2.45) is 5.84 Å². The number of hydrazine groups is 1. The van der Waals surface area contributed by atoms with Crippen molar-refractivity contribution >= 4 is 39.3 Å². The highest BCUT2D eigenvalue weighted by molar-refractivity contribution is 9.10. The molecule has 0 aliphatic rings. The zero-order valence-electron chi connectivity index (χ0n) is 12.3. The number of rotatable bonds is 4. The van der Waals surface area contributed by atoms with Crippen molar-refractivity contribution in [1.82, 2.24) is 5.01 Å². The summed E-state index contributed by atoms with van der Waals surface area (Å²) in [6.45, 7) is 0. The van der Waals surface area contributed by atoms with E-state index in [-0.39, 0.29) is 10.6 Å². The first-order valence-corrected chi connectivity index (χ1v) is 7.58. The molecular formula is C17H13BrN2O4. The van der Waals surface area contributed by atoms with E-state index >= 15 is 0 Å². The molecule has 0 aliphatic heterocycles. The van der Waals surface area contributed by atoms with Crippen LogP contribution in [0.5, 0.6) is 0 Å². The number of hydrogen-bond acceptors (Lipinski definition) is 5. The summed E-state index contributed by atoms with van der Waals surface area (Å²) in [5.74, 6) is 1.86. The minimum atomic E-state index is -1.24. The number of carbonyl (C=O) groups is 3. The molecule has 122 valence electrons. The summed E-state index contributed by atoms with van der Waals surface area (Å²) in [5, 5.41) is 10.1. The summed E-state index contributed by atoms with van der Waals surface area (Å²) in [5.41, 5.74) is 0.513. The Bertz CT molecular complexity index is 801. The molecule has 0 saturated heterocycles. The number of aliphatic hydroxyl groups is 1. The van der Waals surface area contributed by atoms with Crippen molar-refractivity contribution in [2.45, 2.75) is 0 Å². The molecule has 0 radical (unpaired) electrons. The van der Waals surface area contributed by atoms with Crippen LogP contribution in [0.1, 0.15) is 15.9 Å². The number of aliphatic hydroxyl groups excluding tert-OH is 1. The molecule has 2 aromatic rings. The van der Waals surface area contributed by atoms with Gasteiger partial charge in [-0.1, -0.05) is 46.3 Å². The van der Waals surface area contributed by atoms with E-state index in [1.807, 2.05) is 0 Å². The van der Waals surface area contributed by atoms with E-state index in [0.29, 0.717) is 5.56 Å². The predicted octanol–water partition coefficient (Wildman–Crippen LogP) is 2.46. The van der Waals surface area contributed by atoms with E-state index in [2.05, 4.69) is 15.9 Å². The van der Waals surface area contributed by atoms with Crippen LogP contribution in [-0.2, 0) is 9.59 Å². The third-order valence-electron chi connectivity index (χ3n) is 3.08. The fourth-order valence-corrected chi connectivity index (χ4v) is 2.08. The van der Waals surface area contributed by atoms with Crippen LogP contribution in [0.2, 0.25) is 0 Å². The van der Waals surface area contributed by atoms with Gasteiger partial charge in [0.2, 0.25) is 5.78 Å². The molecule has 24 heavy (non-hydrogen) atoms. The molecule has 0 bridgehead atoms. The Kier molecular flexibility index (Phi) is 5.62. The standard InChI is InChI=1S/C17H13BrN2O4/c18-13-8-6-11(7-9-13)14(21)10-15(22)17(24)20(19)16(23)12-4-2-1-3-5-12/h1-10,21H,19H2. The number of ketones is 1. The molecule has 0 unspecified atom stereocenters. The second-order valence-corrected chi connectivity index (χ2v) is 5.66. The van der Waals surface area contributed by atoms with Gasteiger partial charge in [-0.25, -0.2) is 10.9 Å². The van der Waals surface area contributed by atoms with E-state index in [4.69, 9.17) is 5.84 Å². The highest BCUT2D eigenvalue weighted by atomic mass is 79.9. The SMILES string of the molecule is NN(C(=O)C(=O)C=C(O)c1ccc(Br)cc1)C(=O)c1ccccc1. The maximum atomic E-state index is 12.0. The van der Waals surface area contributed by atoms with Crippen LogP contribution >= 0.6 is 15.9 Å². The zero-order valence-corrected chi connectivity index (χ0v) is 13.9. The van der Waals surface area contributed by atoms with Gasteiger partial charge in [0, 0.05) is 21.7 Å². The Labute approximate surface area is 146 Å². The highest BCUT2D eigenvalue weighted by Gasteiger charge is 2.24. The van der Waals surface area contributed by atoms with Crippen molar-refractivity contribution < 1.29 is 19.5 Å². The first-order chi connectivity index (χ1) is 11.4. The van der Waals surface area contributed by atoms with Crippen LogP contribution in [0.4, 0.5) is 0 Å². The Hall–Kier alpha value is -2.77. The molecule has 7 heteroatoms. The van der Waals surface area contributed by atoms with E-state index in [1.54, 1.807) is 42.5 Å². The molecule has 0 aliphatic carbocycles. The van der Waals surface area contributed by atoms with E-state index in [9.17, 15) is 19.5 Å². The molecule has 0 saturated carbocycles. The van der Waals surface area contributed by atoms with Gasteiger partial charge in [-0.3, -0.25) is 14.4 Å². The number of benzene rings is 2. The molecule has 0 atom stereocenters. The van der Waals surface area contributed by atoms with E-state index in [0.717, 1.165) is 10.5 Å². The Morgan fingerprint density at radius 2 is 1.54 bits per heavy atom. The van der Waals surface area contributed by atoms with E-state index < -0.39 is 23.4 Å². The molecule has 0 aromatic heterocycles. The van der Waals surface area contributed by atoms with Crippen LogP contribution in [0, 0.1) is 0 Å². The number of halogens is 1. The second kappa shape index (κ2) is 7.67. The summed E-state index contributed by atoms with van der Waals surface area (Å²) in [7, 11) is 0. The van der Waals surface area contributed by atoms with Crippen LogP contribution in [0.3, 0.4) is 0 Å². The molecule has 2 rings (SSSR count). The topological polar surface area (TPSA) is 101 Å². The van der Waals surface area contributed by atoms with Crippen molar-refractivity contribution in [1.29, 1.82) is 0 Å². The minimum absolute atomic E-state index is 0.169. The van der Waals surface area contributed by atoms with Gasteiger partial charge in [-0.15, -0.1) is 0 Å². The lowest BCUT2D eigenvalue weighted by Crippen LogP contribution is -2.45. The van der Waals surface area contributed by atoms with Gasteiger partial charge >= 0.3 is 5.91 Å². The lowest BCUT2D eigenvalue weighted by molar-refractivity contribution is -0.140. The largest absolute Gasteiger partial charge is 0.507 e. The van der Waals surface area contributed by atoms with E-state index in [1.165, 1.54) is 12.1 Å². The molecule has 6 nitrogen and oxygen atoms in total. The first kappa shape index (κ1) is 17.6. The summed E-state index contributed by atoms with van der Waals surface area (Å²) >= 11 is 3.24. The number of nitrogens with two attached hydrogens (primary N) is 1. The quantitative estimate of drug-likeness (QED) is 0.209. The number of carbonyl (C=O) groups excluding carboxylic acids is 3. The molecule has 2 aromatic carbocycles. The van der Waals surface area contributed by atoms with Gasteiger partial charge < -0.3 is 5.11 Å². The van der Waals surface area contributed by atoms with Crippen LogP contribution in [0.15, 0.2) is 65.1 Å². The van der Waals surface area contributed by atoms with Gasteiger partial charge in [-0.2, -0.15) is 0 Å². The van der Waals surface area contributed by atoms with Crippen molar-refractivity contribution in [3.05, 3.63) is 76.3 Å². The normalized spacial score (nSPS) is 11.0. The molecule has 0 heterocycles. The van der Waals surface area contributed by atoms with Gasteiger partial charge in [0.25, 0.3) is 5.91 Å². The Balaban J connectivity index is 2.14. The fraction of sp³-hybridized carbons (Fsp3) is 0.